The van der Waals surface area contributed by atoms with Crippen molar-refractivity contribution in [3.05, 3.63) is 0 Å². The molecule has 0 rings (SSSR count). The molecule has 1 atom stereocenters. The zero-order chi connectivity index (χ0) is 5.86. The van der Waals surface area contributed by atoms with Crippen molar-refractivity contribution in [2.75, 3.05) is 0 Å². The van der Waals surface area contributed by atoms with Crippen LogP contribution in [-0.2, 0) is 0 Å². The molecule has 0 saturated carbocycles. The van der Waals surface area contributed by atoms with Gasteiger partial charge in [-0.15, -0.1) is 0 Å². The third-order valence-electron chi connectivity index (χ3n) is 0.877. The molecule has 1 unspecified atom stereocenters. The third-order valence-corrected chi connectivity index (χ3v) is 0.877. The van der Waals surface area contributed by atoms with Crippen LogP contribution < -0.4 is 0 Å². The second-order valence-corrected chi connectivity index (χ2v) is 1.59. The van der Waals surface area contributed by atoms with Gasteiger partial charge in [-0.1, -0.05) is 0 Å². The van der Waals surface area contributed by atoms with Crippen molar-refractivity contribution in [3.63, 3.8) is 0 Å². The van der Waals surface area contributed by atoms with E-state index in [4.69, 9.17) is 12.7 Å². The molecule has 35 valence electrons. The Hall–Kier alpha value is -0.575. The van der Waals surface area contributed by atoms with E-state index in [1.807, 2.05) is 6.07 Å². The van der Waals surface area contributed by atoms with Crippen molar-refractivity contribution in [2.45, 2.75) is 13.8 Å². The number of rotatable bonds is 1. The zero-order valence-corrected chi connectivity index (χ0v) is 4.60. The Morgan fingerprint density at radius 1 is 1.86 bits per heavy atom. The van der Waals surface area contributed by atoms with Gasteiger partial charge in [0.1, 0.15) is 0 Å². The van der Waals surface area contributed by atoms with E-state index in [-0.39, 0.29) is 5.92 Å². The first-order chi connectivity index (χ1) is 3.18. The number of nitrogens with zero attached hydrogens (tertiary/aromatic N) is 1. The summed E-state index contributed by atoms with van der Waals surface area (Å²) in [5, 5.41) is 8.15. The van der Waals surface area contributed by atoms with Crippen LogP contribution in [0.5, 0.6) is 0 Å². The first kappa shape index (κ1) is 6.42. The molecule has 2 heteroatoms. The normalized spacial score (nSPS) is 12.0. The Morgan fingerprint density at radius 2 is 2.29 bits per heavy atom. The molecule has 0 spiro atoms. The summed E-state index contributed by atoms with van der Waals surface area (Å²) < 4.78 is 0. The van der Waals surface area contributed by atoms with Crippen LogP contribution in [0.3, 0.4) is 0 Å². The fourth-order valence-corrected chi connectivity index (χ4v) is 0.102. The number of hydrogen-bond acceptors (Lipinski definition) is 1. The molecule has 0 bridgehead atoms. The molecule has 0 heterocycles. The van der Waals surface area contributed by atoms with E-state index in [1.54, 1.807) is 13.8 Å². The molecule has 1 nitrogen and oxygen atoms in total. The molecule has 0 fully saturated rings. The Kier molecular flexibility index (Phi) is 2.36. The molecule has 0 aromatic heterocycles. The standard InChI is InChI=1S/C5H7BN/c1-4(3-7)5(2)6/h4H,1-2H3. The molecule has 0 aromatic rings. The predicted octanol–water partition coefficient (Wildman–Crippen LogP) is 0.507. The second-order valence-electron chi connectivity index (χ2n) is 1.59. The van der Waals surface area contributed by atoms with Crippen molar-refractivity contribution < 1.29 is 0 Å². The molecule has 0 aliphatic carbocycles. The van der Waals surface area contributed by atoms with Crippen LogP contribution in [0.4, 0.5) is 0 Å². The summed E-state index contributed by atoms with van der Waals surface area (Å²) in [6, 6.07) is 2.00. The average Bonchev–Trinajstić information content (AvgIpc) is 1.65. The fourth-order valence-electron chi connectivity index (χ4n) is 0.102. The van der Waals surface area contributed by atoms with Gasteiger partial charge < -0.3 is 0 Å². The molecule has 0 saturated heterocycles. The van der Waals surface area contributed by atoms with Crippen LogP contribution >= 0.6 is 0 Å². The van der Waals surface area contributed by atoms with Gasteiger partial charge in [0.2, 0.25) is 0 Å². The summed E-state index contributed by atoms with van der Waals surface area (Å²) in [6.45, 7) is 3.52. The predicted molar refractivity (Wildman–Crippen MR) is 31.2 cm³/mol. The number of hydrogen-bond donors (Lipinski definition) is 0. The topological polar surface area (TPSA) is 23.8 Å². The first-order valence-corrected chi connectivity index (χ1v) is 2.17. The molecule has 0 amide bonds. The Balaban J connectivity index is 3.63. The SMILES string of the molecule is [B]=C(C)C(C)C#N. The van der Waals surface area contributed by atoms with Crippen molar-refractivity contribution in [1.82, 2.24) is 0 Å². The maximum atomic E-state index is 8.15. The van der Waals surface area contributed by atoms with Crippen molar-refractivity contribution in [2.24, 2.45) is 5.92 Å². The van der Waals surface area contributed by atoms with Crippen LogP contribution in [0.1, 0.15) is 13.8 Å². The zero-order valence-electron chi connectivity index (χ0n) is 4.60. The summed E-state index contributed by atoms with van der Waals surface area (Å²) in [7, 11) is 5.24. The first-order valence-electron chi connectivity index (χ1n) is 2.17. The van der Waals surface area contributed by atoms with E-state index in [0.717, 1.165) is 0 Å². The van der Waals surface area contributed by atoms with E-state index in [1.165, 1.54) is 0 Å². The maximum absolute atomic E-state index is 8.15. The molecule has 0 N–H and O–H groups in total. The molecule has 7 heavy (non-hydrogen) atoms. The van der Waals surface area contributed by atoms with Crippen LogP contribution in [0, 0.1) is 17.2 Å². The Labute approximate surface area is 45.0 Å². The van der Waals surface area contributed by atoms with E-state index < -0.39 is 0 Å². The molecule has 1 radical (unpaired) electrons. The molecule has 0 aromatic carbocycles. The minimum atomic E-state index is -0.0972. The van der Waals surface area contributed by atoms with E-state index >= 15 is 0 Å². The summed E-state index contributed by atoms with van der Waals surface area (Å²) in [5.41, 5.74) is 0.683. The van der Waals surface area contributed by atoms with Gasteiger partial charge in [0.05, 0.1) is 0 Å². The number of nitriles is 1. The molecular weight excluding hydrogens is 84.9 g/mol. The van der Waals surface area contributed by atoms with Gasteiger partial charge in [-0.3, -0.25) is 0 Å². The third kappa shape index (κ3) is 2.16. The van der Waals surface area contributed by atoms with Gasteiger partial charge in [0, 0.05) is 0 Å². The molecule has 0 aliphatic rings. The van der Waals surface area contributed by atoms with Crippen LogP contribution in [0.15, 0.2) is 0 Å². The van der Waals surface area contributed by atoms with E-state index in [9.17, 15) is 0 Å². The van der Waals surface area contributed by atoms with Crippen LogP contribution in [-0.4, -0.2) is 13.0 Å². The van der Waals surface area contributed by atoms with Gasteiger partial charge in [-0.25, -0.2) is 0 Å². The van der Waals surface area contributed by atoms with E-state index in [0.29, 0.717) is 5.46 Å². The average molecular weight is 91.9 g/mol. The van der Waals surface area contributed by atoms with Crippen molar-refractivity contribution in [3.8, 4) is 6.07 Å². The minimum absolute atomic E-state index is 0.0972. The van der Waals surface area contributed by atoms with Gasteiger partial charge in [-0.2, -0.15) is 0 Å². The van der Waals surface area contributed by atoms with Crippen molar-refractivity contribution in [1.29, 1.82) is 5.26 Å². The molecular formula is C5H7BN. The van der Waals surface area contributed by atoms with E-state index in [2.05, 4.69) is 0 Å². The summed E-state index contributed by atoms with van der Waals surface area (Å²) in [6.07, 6.45) is 0. The molecule has 0 aliphatic heterocycles. The fraction of sp³-hybridized carbons (Fsp3) is 0.600. The summed E-state index contributed by atoms with van der Waals surface area (Å²) in [5.74, 6) is -0.0972. The summed E-state index contributed by atoms with van der Waals surface area (Å²) in [4.78, 5) is 0. The van der Waals surface area contributed by atoms with Gasteiger partial charge in [0.25, 0.3) is 0 Å². The Bertz CT molecular complexity index is 112. The Morgan fingerprint density at radius 3 is 2.29 bits per heavy atom. The van der Waals surface area contributed by atoms with Crippen LogP contribution in [0.25, 0.3) is 0 Å². The summed E-state index contributed by atoms with van der Waals surface area (Å²) >= 11 is 0. The van der Waals surface area contributed by atoms with Crippen LogP contribution in [0.2, 0.25) is 0 Å². The monoisotopic (exact) mass is 92.1 g/mol. The van der Waals surface area contributed by atoms with Crippen molar-refractivity contribution >= 4 is 13.0 Å². The second kappa shape index (κ2) is 2.57. The quantitative estimate of drug-likeness (QED) is 0.432. The van der Waals surface area contributed by atoms with Gasteiger partial charge >= 0.3 is 44.0 Å². The van der Waals surface area contributed by atoms with Gasteiger partial charge in [0.15, 0.2) is 0 Å². The van der Waals surface area contributed by atoms with Gasteiger partial charge in [-0.05, 0) is 0 Å².